The largest absolute Gasteiger partial charge is 0.385 e. The van der Waals surface area contributed by atoms with Crippen LogP contribution >= 0.6 is 0 Å². The van der Waals surface area contributed by atoms with Crippen molar-refractivity contribution in [1.29, 1.82) is 0 Å². The van der Waals surface area contributed by atoms with Crippen molar-refractivity contribution in [3.05, 3.63) is 29.6 Å². The van der Waals surface area contributed by atoms with Crippen molar-refractivity contribution in [3.8, 4) is 0 Å². The van der Waals surface area contributed by atoms with E-state index >= 15 is 0 Å². The molecule has 2 atom stereocenters. The number of nitrogens with two attached hydrogens (primary N) is 1. The molecule has 0 bridgehead atoms. The number of nitrogens with zero attached hydrogens (tertiary/aromatic N) is 1. The Morgan fingerprint density at radius 3 is 2.87 bits per heavy atom. The lowest BCUT2D eigenvalue weighted by atomic mass is 9.91. The van der Waals surface area contributed by atoms with Crippen LogP contribution in [-0.4, -0.2) is 18.7 Å². The second-order valence-corrected chi connectivity index (χ2v) is 4.02. The molecule has 1 aromatic rings. The van der Waals surface area contributed by atoms with E-state index in [-0.39, 0.29) is 6.04 Å². The van der Waals surface area contributed by atoms with E-state index in [1.807, 2.05) is 19.2 Å². The molecule has 0 radical (unpaired) electrons. The van der Waals surface area contributed by atoms with Crippen molar-refractivity contribution in [2.24, 2.45) is 11.7 Å². The molecule has 1 heterocycles. The summed E-state index contributed by atoms with van der Waals surface area (Å²) in [5, 5.41) is 0. The first-order chi connectivity index (χ1) is 7.16. The number of pyridine rings is 1. The lowest BCUT2D eigenvalue weighted by Crippen LogP contribution is -2.21. The Kier molecular flexibility index (Phi) is 4.72. The average molecular weight is 208 g/mol. The van der Waals surface area contributed by atoms with Crippen LogP contribution in [0, 0.1) is 12.8 Å². The third kappa shape index (κ3) is 3.29. The van der Waals surface area contributed by atoms with Gasteiger partial charge in [0, 0.05) is 32.2 Å². The molecule has 3 nitrogen and oxygen atoms in total. The lowest BCUT2D eigenvalue weighted by Gasteiger charge is -2.21. The summed E-state index contributed by atoms with van der Waals surface area (Å²) in [6, 6.07) is 2.08. The average Bonchev–Trinajstić information content (AvgIpc) is 2.25. The monoisotopic (exact) mass is 208 g/mol. The zero-order valence-corrected chi connectivity index (χ0v) is 9.73. The standard InChI is InChI=1S/C12H20N2O/c1-9(5-7-15-3)12(13)11-4-6-14-8-10(11)2/h4,6,8-9,12H,5,7,13H2,1-3H3. The topological polar surface area (TPSA) is 48.1 Å². The van der Waals surface area contributed by atoms with Crippen LogP contribution in [0.15, 0.2) is 18.5 Å². The van der Waals surface area contributed by atoms with E-state index in [1.165, 1.54) is 5.56 Å². The number of hydrogen-bond acceptors (Lipinski definition) is 3. The number of hydrogen-bond donors (Lipinski definition) is 1. The first-order valence-corrected chi connectivity index (χ1v) is 5.31. The Morgan fingerprint density at radius 1 is 1.53 bits per heavy atom. The van der Waals surface area contributed by atoms with E-state index in [0.717, 1.165) is 18.6 Å². The summed E-state index contributed by atoms with van der Waals surface area (Å²) in [6.45, 7) is 4.97. The van der Waals surface area contributed by atoms with Gasteiger partial charge in [-0.25, -0.2) is 0 Å². The number of aryl methyl sites for hydroxylation is 1. The zero-order chi connectivity index (χ0) is 11.3. The number of ether oxygens (including phenoxy) is 1. The fourth-order valence-electron chi connectivity index (χ4n) is 1.65. The molecular weight excluding hydrogens is 188 g/mol. The molecule has 0 spiro atoms. The highest BCUT2D eigenvalue weighted by molar-refractivity contribution is 5.25. The van der Waals surface area contributed by atoms with Gasteiger partial charge in [0.2, 0.25) is 0 Å². The molecule has 1 rings (SSSR count). The van der Waals surface area contributed by atoms with Crippen molar-refractivity contribution in [2.45, 2.75) is 26.3 Å². The summed E-state index contributed by atoms with van der Waals surface area (Å²) < 4.78 is 5.06. The highest BCUT2D eigenvalue weighted by Gasteiger charge is 2.16. The number of methoxy groups -OCH3 is 1. The minimum atomic E-state index is 0.0724. The molecule has 2 unspecified atom stereocenters. The summed E-state index contributed by atoms with van der Waals surface area (Å²) in [7, 11) is 1.72. The van der Waals surface area contributed by atoms with E-state index < -0.39 is 0 Å². The first-order valence-electron chi connectivity index (χ1n) is 5.31. The molecule has 0 aromatic carbocycles. The Morgan fingerprint density at radius 2 is 2.27 bits per heavy atom. The van der Waals surface area contributed by atoms with E-state index in [2.05, 4.69) is 11.9 Å². The van der Waals surface area contributed by atoms with Gasteiger partial charge in [-0.15, -0.1) is 0 Å². The van der Waals surface area contributed by atoms with E-state index in [1.54, 1.807) is 13.3 Å². The van der Waals surface area contributed by atoms with Gasteiger partial charge in [0.15, 0.2) is 0 Å². The summed E-state index contributed by atoms with van der Waals surface area (Å²) in [5.74, 6) is 0.422. The van der Waals surface area contributed by atoms with Crippen LogP contribution in [0.3, 0.4) is 0 Å². The quantitative estimate of drug-likeness (QED) is 0.805. The second-order valence-electron chi connectivity index (χ2n) is 4.02. The normalized spacial score (nSPS) is 14.9. The van der Waals surface area contributed by atoms with Crippen LogP contribution in [0.5, 0.6) is 0 Å². The first kappa shape index (κ1) is 12.1. The van der Waals surface area contributed by atoms with Crippen molar-refractivity contribution in [3.63, 3.8) is 0 Å². The van der Waals surface area contributed by atoms with Gasteiger partial charge in [0.1, 0.15) is 0 Å². The molecule has 84 valence electrons. The lowest BCUT2D eigenvalue weighted by molar-refractivity contribution is 0.174. The van der Waals surface area contributed by atoms with Gasteiger partial charge in [-0.2, -0.15) is 0 Å². The third-order valence-electron chi connectivity index (χ3n) is 2.81. The Labute approximate surface area is 91.7 Å². The summed E-state index contributed by atoms with van der Waals surface area (Å²) >= 11 is 0. The van der Waals surface area contributed by atoms with E-state index in [9.17, 15) is 0 Å². The second kappa shape index (κ2) is 5.83. The smallest absolute Gasteiger partial charge is 0.0465 e. The Hall–Kier alpha value is -0.930. The predicted octanol–water partition coefficient (Wildman–Crippen LogP) is 2.06. The van der Waals surface area contributed by atoms with Gasteiger partial charge in [-0.05, 0) is 36.5 Å². The van der Waals surface area contributed by atoms with Crippen LogP contribution in [0.2, 0.25) is 0 Å². The SMILES string of the molecule is COCCC(C)C(N)c1ccncc1C. The maximum absolute atomic E-state index is 6.20. The minimum Gasteiger partial charge on any atom is -0.385 e. The molecule has 0 aliphatic carbocycles. The van der Waals surface area contributed by atoms with Gasteiger partial charge in [-0.3, -0.25) is 4.98 Å². The van der Waals surface area contributed by atoms with Crippen LogP contribution < -0.4 is 5.73 Å². The molecule has 2 N–H and O–H groups in total. The van der Waals surface area contributed by atoms with Crippen molar-refractivity contribution in [2.75, 3.05) is 13.7 Å². The molecular formula is C12H20N2O. The Balaban J connectivity index is 2.67. The molecule has 0 saturated heterocycles. The van der Waals surface area contributed by atoms with Crippen LogP contribution in [-0.2, 0) is 4.74 Å². The molecule has 0 fully saturated rings. The van der Waals surface area contributed by atoms with Crippen molar-refractivity contribution >= 4 is 0 Å². The van der Waals surface area contributed by atoms with Gasteiger partial charge in [-0.1, -0.05) is 6.92 Å². The van der Waals surface area contributed by atoms with Crippen LogP contribution in [0.4, 0.5) is 0 Å². The van der Waals surface area contributed by atoms with Crippen LogP contribution in [0.1, 0.15) is 30.5 Å². The number of rotatable bonds is 5. The zero-order valence-electron chi connectivity index (χ0n) is 9.73. The molecule has 1 aromatic heterocycles. The maximum atomic E-state index is 6.20. The maximum Gasteiger partial charge on any atom is 0.0465 e. The van der Waals surface area contributed by atoms with Crippen molar-refractivity contribution in [1.82, 2.24) is 4.98 Å². The fourth-order valence-corrected chi connectivity index (χ4v) is 1.65. The van der Waals surface area contributed by atoms with E-state index in [0.29, 0.717) is 5.92 Å². The van der Waals surface area contributed by atoms with Crippen molar-refractivity contribution < 1.29 is 4.74 Å². The van der Waals surface area contributed by atoms with Gasteiger partial charge in [0.25, 0.3) is 0 Å². The third-order valence-corrected chi connectivity index (χ3v) is 2.81. The fraction of sp³-hybridized carbons (Fsp3) is 0.583. The van der Waals surface area contributed by atoms with Gasteiger partial charge >= 0.3 is 0 Å². The molecule has 0 aliphatic rings. The predicted molar refractivity (Wildman–Crippen MR) is 61.6 cm³/mol. The van der Waals surface area contributed by atoms with Crippen LogP contribution in [0.25, 0.3) is 0 Å². The summed E-state index contributed by atoms with van der Waals surface area (Å²) in [5.41, 5.74) is 8.55. The molecule has 15 heavy (non-hydrogen) atoms. The summed E-state index contributed by atoms with van der Waals surface area (Å²) in [4.78, 5) is 4.07. The molecule has 3 heteroatoms. The minimum absolute atomic E-state index is 0.0724. The Bertz CT molecular complexity index is 301. The molecule has 0 aliphatic heterocycles. The molecule has 0 saturated carbocycles. The van der Waals surface area contributed by atoms with Gasteiger partial charge < -0.3 is 10.5 Å². The molecule has 0 amide bonds. The van der Waals surface area contributed by atoms with E-state index in [4.69, 9.17) is 10.5 Å². The van der Waals surface area contributed by atoms with Gasteiger partial charge in [0.05, 0.1) is 0 Å². The summed E-state index contributed by atoms with van der Waals surface area (Å²) in [6.07, 6.45) is 4.64. The number of aromatic nitrogens is 1. The highest BCUT2D eigenvalue weighted by atomic mass is 16.5. The highest BCUT2D eigenvalue weighted by Crippen LogP contribution is 2.23.